The summed E-state index contributed by atoms with van der Waals surface area (Å²) in [4.78, 5) is 0. The van der Waals surface area contributed by atoms with Crippen molar-refractivity contribution in [2.24, 2.45) is 0 Å². The van der Waals surface area contributed by atoms with Gasteiger partial charge in [0.25, 0.3) is 0 Å². The molecule has 0 saturated carbocycles. The van der Waals surface area contributed by atoms with Gasteiger partial charge in [0.1, 0.15) is 0 Å². The van der Waals surface area contributed by atoms with Crippen LogP contribution in [0, 0.1) is 0 Å². The molecule has 9 rings (SSSR count). The fourth-order valence-electron chi connectivity index (χ4n) is 6.80. The quantitative estimate of drug-likeness (QED) is 0.0692. The molecule has 0 amide bonds. The monoisotopic (exact) mass is 908 g/mol. The molecule has 4 nitrogen and oxygen atoms in total. The van der Waals surface area contributed by atoms with Crippen LogP contribution >= 0.6 is 15.8 Å². The van der Waals surface area contributed by atoms with Crippen LogP contribution in [0.4, 0.5) is 17.3 Å². The molecule has 0 unspecified atom stereocenters. The van der Waals surface area contributed by atoms with E-state index in [1.54, 1.807) is 0 Å². The summed E-state index contributed by atoms with van der Waals surface area (Å²) in [6, 6.07) is 51.6. The number of halogens is 4. The number of hydrogen-bond donors (Lipinski definition) is 0. The molecule has 0 fully saturated rings. The Hall–Kier alpha value is -4.73. The van der Waals surface area contributed by atoms with E-state index in [-0.39, 0.29) is 33.1 Å². The first kappa shape index (κ1) is 42.9. The number of rotatable bonds is 7. The smallest absolute Gasteiger partial charge is 0.454 e. The standard InChI is InChI=1S/C38H28O4P2.C8H12.BF4.Rh/c1-5-13-27(14-6-1)43(28-15-7-2-8-16-28)33-23-21-31-37(41-25-39-31)35(33)36-34(24-22-32-38(36)42-26-40-32)44(29-17-9-3-10-18-29)30-19-11-4-12-20-30;1-2-4-6-8-7-5-3-1;2-1(3,4)5;/h1-24H,25-26H2;1-2,7-8H,3-6H2;;/q;;-1;/b;2-1-,8-7-;;. The summed E-state index contributed by atoms with van der Waals surface area (Å²) in [5.41, 5.74) is 2.02. The molecule has 1 aliphatic carbocycles. The Bertz CT molecular complexity index is 2030. The van der Waals surface area contributed by atoms with E-state index in [4.69, 9.17) is 18.9 Å². The van der Waals surface area contributed by atoms with E-state index >= 15 is 0 Å². The van der Waals surface area contributed by atoms with Gasteiger partial charge in [0.2, 0.25) is 13.6 Å². The average molecular weight is 908 g/mol. The van der Waals surface area contributed by atoms with Gasteiger partial charge in [-0.25, -0.2) is 0 Å². The Morgan fingerprint density at radius 2 is 0.655 bits per heavy atom. The molecular formula is C46H40BF4O4P2Rh-. The molecule has 2 aliphatic heterocycles. The van der Waals surface area contributed by atoms with Crippen molar-refractivity contribution in [3.05, 3.63) is 170 Å². The SMILES string of the molecule is C1=C\CC/C=C\CC/1.F[B-](F)(F)F.[Rh].c1ccc(P(c2ccccc2)c2ccc3c(c2-c2c(P(c4ccccc4)c4ccccc4)ccc4c2OCO4)OCO3)cc1. The van der Waals surface area contributed by atoms with Crippen molar-refractivity contribution < 1.29 is 55.7 Å². The summed E-state index contributed by atoms with van der Waals surface area (Å²) in [6.07, 6.45) is 14.0. The number of hydrogen-bond acceptors (Lipinski definition) is 4. The zero-order valence-electron chi connectivity index (χ0n) is 31.4. The van der Waals surface area contributed by atoms with Gasteiger partial charge in [0.15, 0.2) is 23.0 Å². The molecule has 6 aromatic carbocycles. The third kappa shape index (κ3) is 10.9. The fraction of sp³-hybridized carbons (Fsp3) is 0.130. The molecule has 0 aromatic heterocycles. The van der Waals surface area contributed by atoms with Crippen LogP contribution in [0.25, 0.3) is 11.1 Å². The van der Waals surface area contributed by atoms with E-state index in [2.05, 4.69) is 170 Å². The molecule has 0 spiro atoms. The van der Waals surface area contributed by atoms with E-state index in [9.17, 15) is 17.3 Å². The van der Waals surface area contributed by atoms with E-state index in [0.717, 1.165) is 34.1 Å². The van der Waals surface area contributed by atoms with Crippen LogP contribution in [0.1, 0.15) is 25.7 Å². The minimum absolute atomic E-state index is 0. The fourth-order valence-corrected chi connectivity index (χ4v) is 11.7. The second-order valence-corrected chi connectivity index (χ2v) is 17.4. The van der Waals surface area contributed by atoms with Crippen molar-refractivity contribution in [1.82, 2.24) is 0 Å². The molecule has 0 saturated heterocycles. The summed E-state index contributed by atoms with van der Waals surface area (Å²) in [7, 11) is -7.94. The molecule has 58 heavy (non-hydrogen) atoms. The Balaban J connectivity index is 0.000000349. The zero-order chi connectivity index (χ0) is 39.5. The molecule has 299 valence electrons. The summed E-state index contributed by atoms with van der Waals surface area (Å²) >= 11 is 0. The van der Waals surface area contributed by atoms with Gasteiger partial charge in [0, 0.05) is 30.6 Å². The predicted molar refractivity (Wildman–Crippen MR) is 228 cm³/mol. The van der Waals surface area contributed by atoms with Crippen molar-refractivity contribution in [2.75, 3.05) is 13.6 Å². The number of ether oxygens (including phenoxy) is 4. The number of benzene rings is 6. The first-order valence-corrected chi connectivity index (χ1v) is 21.4. The zero-order valence-corrected chi connectivity index (χ0v) is 34.8. The summed E-state index contributed by atoms with van der Waals surface area (Å²) in [5, 5.41) is 7.40. The van der Waals surface area contributed by atoms with Crippen LogP contribution in [-0.2, 0) is 19.5 Å². The van der Waals surface area contributed by atoms with Crippen LogP contribution in [-0.4, -0.2) is 20.8 Å². The largest absolute Gasteiger partial charge is 0.673 e. The van der Waals surface area contributed by atoms with Crippen molar-refractivity contribution in [1.29, 1.82) is 0 Å². The Morgan fingerprint density at radius 3 is 0.931 bits per heavy atom. The maximum absolute atomic E-state index is 9.75. The maximum Gasteiger partial charge on any atom is 0.673 e. The maximum atomic E-state index is 9.75. The molecule has 1 radical (unpaired) electrons. The molecule has 0 N–H and O–H groups in total. The second kappa shape index (κ2) is 20.8. The second-order valence-electron chi connectivity index (χ2n) is 13.0. The topological polar surface area (TPSA) is 36.9 Å². The summed E-state index contributed by atoms with van der Waals surface area (Å²) in [5.74, 6) is 2.99. The van der Waals surface area contributed by atoms with E-state index in [1.807, 2.05) is 0 Å². The third-order valence-electron chi connectivity index (χ3n) is 9.16. The third-order valence-corrected chi connectivity index (χ3v) is 14.1. The van der Waals surface area contributed by atoms with Gasteiger partial charge < -0.3 is 36.2 Å². The van der Waals surface area contributed by atoms with E-state index in [0.29, 0.717) is 0 Å². The Kier molecular flexibility index (Phi) is 15.4. The number of fused-ring (bicyclic) bond motifs is 2. The van der Waals surface area contributed by atoms with Gasteiger partial charge in [-0.05, 0) is 97.6 Å². The first-order valence-electron chi connectivity index (χ1n) is 18.7. The molecule has 0 bridgehead atoms. The van der Waals surface area contributed by atoms with Gasteiger partial charge >= 0.3 is 7.25 Å². The van der Waals surface area contributed by atoms with Crippen molar-refractivity contribution in [2.45, 2.75) is 25.7 Å². The van der Waals surface area contributed by atoms with Crippen LogP contribution in [0.5, 0.6) is 23.0 Å². The molecule has 2 heterocycles. The minimum Gasteiger partial charge on any atom is -0.454 e. The average Bonchev–Trinajstić information content (AvgIpc) is 3.90. The van der Waals surface area contributed by atoms with Crippen LogP contribution < -0.4 is 50.8 Å². The van der Waals surface area contributed by atoms with E-state index in [1.165, 1.54) is 57.5 Å². The van der Waals surface area contributed by atoms with Crippen molar-refractivity contribution >= 4 is 54.9 Å². The normalized spacial score (nSPS) is 14.8. The predicted octanol–water partition coefficient (Wildman–Crippen LogP) is 10.3. The van der Waals surface area contributed by atoms with Crippen molar-refractivity contribution in [3.8, 4) is 34.1 Å². The van der Waals surface area contributed by atoms with Gasteiger partial charge in [-0.1, -0.05) is 146 Å². The van der Waals surface area contributed by atoms with Gasteiger partial charge in [-0.15, -0.1) is 0 Å². The molecule has 3 aliphatic rings. The molecule has 0 atom stereocenters. The Morgan fingerprint density at radius 1 is 0.379 bits per heavy atom. The number of allylic oxidation sites excluding steroid dienone is 4. The van der Waals surface area contributed by atoms with E-state index < -0.39 is 23.1 Å². The van der Waals surface area contributed by atoms with Crippen molar-refractivity contribution in [3.63, 3.8) is 0 Å². The molecular weight excluding hydrogens is 868 g/mol. The molecule has 6 aromatic rings. The minimum atomic E-state index is -6.00. The van der Waals surface area contributed by atoms with Gasteiger partial charge in [0.05, 0.1) is 0 Å². The first-order chi connectivity index (χ1) is 27.9. The van der Waals surface area contributed by atoms with Crippen LogP contribution in [0.3, 0.4) is 0 Å². The summed E-state index contributed by atoms with van der Waals surface area (Å²) in [6.45, 7) is 0.350. The van der Waals surface area contributed by atoms with Gasteiger partial charge in [-0.2, -0.15) is 0 Å². The Labute approximate surface area is 352 Å². The van der Waals surface area contributed by atoms with Crippen LogP contribution in [0.15, 0.2) is 170 Å². The van der Waals surface area contributed by atoms with Gasteiger partial charge in [-0.3, -0.25) is 0 Å². The summed E-state index contributed by atoms with van der Waals surface area (Å²) < 4.78 is 63.7. The molecule has 12 heteroatoms. The van der Waals surface area contributed by atoms with Crippen LogP contribution in [0.2, 0.25) is 0 Å².